The zero-order chi connectivity index (χ0) is 15.5. The smallest absolute Gasteiger partial charge is 0.149 e. The van der Waals surface area contributed by atoms with Crippen molar-refractivity contribution in [3.05, 3.63) is 41.2 Å². The first-order valence-corrected chi connectivity index (χ1v) is 9.09. The maximum Gasteiger partial charge on any atom is 0.149 e. The number of benzene rings is 2. The van der Waals surface area contributed by atoms with Crippen LogP contribution in [-0.4, -0.2) is 10.2 Å². The quantitative estimate of drug-likeness (QED) is 0.404. The molecule has 1 aliphatic rings. The molecule has 3 rings (SSSR count). The predicted octanol–water partition coefficient (Wildman–Crippen LogP) is 6.41. The number of phenols is 2. The third-order valence-electron chi connectivity index (χ3n) is 3.49. The number of aromatic hydroxyl groups is 2. The van der Waals surface area contributed by atoms with E-state index in [0.29, 0.717) is 29.4 Å². The Hall–Kier alpha value is -0.240. The normalized spacial score (nSPS) is 13.6. The van der Waals surface area contributed by atoms with Crippen molar-refractivity contribution in [1.82, 2.24) is 0 Å². The summed E-state index contributed by atoms with van der Waals surface area (Å²) in [5.41, 5.74) is 1.90. The van der Waals surface area contributed by atoms with E-state index in [2.05, 4.69) is 63.7 Å². The number of rotatable bonds is 0. The topological polar surface area (TPSA) is 49.7 Å². The highest BCUT2D eigenvalue weighted by molar-refractivity contribution is 9.11. The lowest BCUT2D eigenvalue weighted by Gasteiger charge is -2.28. The molecule has 0 amide bonds. The Bertz CT molecular complexity index is 710. The lowest BCUT2D eigenvalue weighted by atomic mass is 9.89. The van der Waals surface area contributed by atoms with Gasteiger partial charge in [-0.3, -0.25) is 0 Å². The van der Waals surface area contributed by atoms with Crippen molar-refractivity contribution in [2.75, 3.05) is 0 Å². The minimum Gasteiger partial charge on any atom is -0.505 e. The molecule has 0 atom stereocenters. The molecule has 2 aromatic rings. The average Bonchev–Trinajstić information content (AvgIpc) is 2.45. The van der Waals surface area contributed by atoms with Crippen LogP contribution < -0.4 is 4.74 Å². The number of halogens is 4. The Morgan fingerprint density at radius 2 is 1.24 bits per heavy atom. The van der Waals surface area contributed by atoms with Crippen molar-refractivity contribution < 1.29 is 14.9 Å². The van der Waals surface area contributed by atoms with Crippen molar-refractivity contribution in [3.63, 3.8) is 0 Å². The van der Waals surface area contributed by atoms with Gasteiger partial charge in [-0.1, -0.05) is 6.92 Å². The molecule has 0 radical (unpaired) electrons. The molecular weight excluding hydrogens is 536 g/mol. The van der Waals surface area contributed by atoms with Crippen molar-refractivity contribution in [2.24, 2.45) is 0 Å². The fourth-order valence-corrected chi connectivity index (χ4v) is 4.81. The number of hydrogen-bond donors (Lipinski definition) is 2. The highest BCUT2D eigenvalue weighted by atomic mass is 79.9. The van der Waals surface area contributed by atoms with Crippen LogP contribution in [0.25, 0.3) is 0 Å². The lowest BCUT2D eigenvalue weighted by molar-refractivity contribution is 0.416. The molecule has 0 spiro atoms. The second-order valence-electron chi connectivity index (χ2n) is 4.70. The van der Waals surface area contributed by atoms with E-state index in [1.807, 2.05) is 19.1 Å². The Kier molecular flexibility index (Phi) is 4.05. The molecule has 110 valence electrons. The van der Waals surface area contributed by atoms with Gasteiger partial charge in [0.25, 0.3) is 0 Å². The maximum atomic E-state index is 10.0. The molecule has 21 heavy (non-hydrogen) atoms. The van der Waals surface area contributed by atoms with Crippen molar-refractivity contribution in [1.29, 1.82) is 0 Å². The Morgan fingerprint density at radius 1 is 0.857 bits per heavy atom. The molecule has 0 saturated carbocycles. The molecule has 2 N–H and O–H groups in total. The molecule has 3 nitrogen and oxygen atoms in total. The first-order valence-electron chi connectivity index (χ1n) is 5.92. The summed E-state index contributed by atoms with van der Waals surface area (Å²) < 4.78 is 8.10. The molecule has 0 aliphatic carbocycles. The van der Waals surface area contributed by atoms with Gasteiger partial charge in [0.05, 0.1) is 8.95 Å². The van der Waals surface area contributed by atoms with Gasteiger partial charge in [0.1, 0.15) is 31.9 Å². The number of phenolic OH excluding ortho intramolecular Hbond substituents is 2. The molecule has 0 aromatic heterocycles. The van der Waals surface area contributed by atoms with E-state index in [9.17, 15) is 10.2 Å². The highest BCUT2D eigenvalue weighted by Gasteiger charge is 2.31. The van der Waals surface area contributed by atoms with Crippen LogP contribution in [0.2, 0.25) is 0 Å². The van der Waals surface area contributed by atoms with Crippen LogP contribution in [0.3, 0.4) is 0 Å². The molecule has 7 heteroatoms. The highest BCUT2D eigenvalue weighted by Crippen LogP contribution is 2.55. The minimum absolute atomic E-state index is 0.0464. The van der Waals surface area contributed by atoms with Gasteiger partial charge in [0.15, 0.2) is 0 Å². The van der Waals surface area contributed by atoms with Crippen LogP contribution in [0.5, 0.6) is 23.0 Å². The zero-order valence-corrected chi connectivity index (χ0v) is 16.9. The average molecular weight is 544 g/mol. The van der Waals surface area contributed by atoms with Crippen molar-refractivity contribution >= 4 is 63.7 Å². The van der Waals surface area contributed by atoms with Crippen LogP contribution in [0.1, 0.15) is 24.0 Å². The van der Waals surface area contributed by atoms with E-state index in [0.717, 1.165) is 11.1 Å². The van der Waals surface area contributed by atoms with Gasteiger partial charge in [0, 0.05) is 17.0 Å². The monoisotopic (exact) mass is 540 g/mol. The molecule has 0 fully saturated rings. The summed E-state index contributed by atoms with van der Waals surface area (Å²) in [5, 5.41) is 20.0. The zero-order valence-electron chi connectivity index (χ0n) is 10.5. The van der Waals surface area contributed by atoms with Gasteiger partial charge in [-0.2, -0.15) is 0 Å². The summed E-state index contributed by atoms with van der Waals surface area (Å²) in [4.78, 5) is 0. The Balaban J connectivity index is 2.30. The summed E-state index contributed by atoms with van der Waals surface area (Å²) in [6, 6.07) is 3.69. The van der Waals surface area contributed by atoms with Gasteiger partial charge in [-0.15, -0.1) is 0 Å². The largest absolute Gasteiger partial charge is 0.505 e. The molecule has 0 saturated heterocycles. The lowest BCUT2D eigenvalue weighted by Crippen LogP contribution is -2.09. The van der Waals surface area contributed by atoms with Crippen LogP contribution in [0.15, 0.2) is 30.0 Å². The molecule has 2 aromatic carbocycles. The van der Waals surface area contributed by atoms with Crippen molar-refractivity contribution in [2.45, 2.75) is 12.8 Å². The summed E-state index contributed by atoms with van der Waals surface area (Å²) in [7, 11) is 0. The summed E-state index contributed by atoms with van der Waals surface area (Å²) in [6.07, 6.45) is 0. The van der Waals surface area contributed by atoms with Gasteiger partial charge in [0.2, 0.25) is 0 Å². The minimum atomic E-state index is 0.0464. The van der Waals surface area contributed by atoms with Gasteiger partial charge in [-0.25, -0.2) is 0 Å². The van der Waals surface area contributed by atoms with E-state index >= 15 is 0 Å². The fraction of sp³-hybridized carbons (Fsp3) is 0.143. The van der Waals surface area contributed by atoms with Crippen LogP contribution in [-0.2, 0) is 0 Å². The molecular formula is C14H8Br4O3. The third kappa shape index (κ3) is 2.33. The van der Waals surface area contributed by atoms with Gasteiger partial charge < -0.3 is 14.9 Å². The summed E-state index contributed by atoms with van der Waals surface area (Å²) >= 11 is 13.4. The Morgan fingerprint density at radius 3 is 1.62 bits per heavy atom. The van der Waals surface area contributed by atoms with Crippen LogP contribution >= 0.6 is 63.7 Å². The first-order chi connectivity index (χ1) is 9.82. The maximum absolute atomic E-state index is 10.0. The summed E-state index contributed by atoms with van der Waals surface area (Å²) in [6.45, 7) is 2.05. The van der Waals surface area contributed by atoms with Crippen LogP contribution in [0.4, 0.5) is 0 Å². The van der Waals surface area contributed by atoms with E-state index in [4.69, 9.17) is 4.74 Å². The van der Waals surface area contributed by atoms with Crippen LogP contribution in [0, 0.1) is 0 Å². The van der Waals surface area contributed by atoms with E-state index < -0.39 is 0 Å². The number of fused-ring (bicyclic) bond motifs is 2. The van der Waals surface area contributed by atoms with Crippen molar-refractivity contribution in [3.8, 4) is 23.0 Å². The molecule has 0 unspecified atom stereocenters. The number of hydrogen-bond acceptors (Lipinski definition) is 3. The molecule has 1 heterocycles. The van der Waals surface area contributed by atoms with Gasteiger partial charge >= 0.3 is 0 Å². The van der Waals surface area contributed by atoms with E-state index in [1.54, 1.807) is 0 Å². The second kappa shape index (κ2) is 5.44. The SMILES string of the molecule is CC1c2cc(Br)c(O)c(Br)c2Oc2c1cc(Br)c(O)c2Br. The predicted molar refractivity (Wildman–Crippen MR) is 94.6 cm³/mol. The Labute approximate surface area is 154 Å². The second-order valence-corrected chi connectivity index (χ2v) is 8.00. The van der Waals surface area contributed by atoms with E-state index in [1.165, 1.54) is 0 Å². The van der Waals surface area contributed by atoms with E-state index in [-0.39, 0.29) is 17.4 Å². The number of ether oxygens (including phenoxy) is 1. The molecule has 1 aliphatic heterocycles. The first kappa shape index (κ1) is 15.6. The van der Waals surface area contributed by atoms with Gasteiger partial charge in [-0.05, 0) is 75.9 Å². The summed E-state index contributed by atoms with van der Waals surface area (Å²) in [5.74, 6) is 1.32. The molecule has 0 bridgehead atoms. The fourth-order valence-electron chi connectivity index (χ4n) is 2.34. The third-order valence-corrected chi connectivity index (χ3v) is 6.17. The standard InChI is InChI=1S/C14H8Br4O3/c1-4-5-2-7(15)11(19)9(17)13(5)21-14-6(4)3-8(16)12(20)10(14)18/h2-4,19-20H,1H3.